The molecule has 1 aromatic heterocycles. The summed E-state index contributed by atoms with van der Waals surface area (Å²) in [5, 5.41) is 5.27. The predicted octanol–water partition coefficient (Wildman–Crippen LogP) is 6.82. The van der Waals surface area contributed by atoms with Gasteiger partial charge in [0.05, 0.1) is 5.39 Å². The van der Waals surface area contributed by atoms with E-state index in [1.165, 1.54) is 57.2 Å². The van der Waals surface area contributed by atoms with Gasteiger partial charge in [0.2, 0.25) is 0 Å². The Balaban J connectivity index is 1.77. The zero-order chi connectivity index (χ0) is 21.3. The summed E-state index contributed by atoms with van der Waals surface area (Å²) in [6.07, 6.45) is 7.67. The van der Waals surface area contributed by atoms with Crippen LogP contribution in [-0.4, -0.2) is 31.1 Å². The molecule has 0 unspecified atom stereocenters. The predicted molar refractivity (Wildman–Crippen MR) is 134 cm³/mol. The highest BCUT2D eigenvalue weighted by molar-refractivity contribution is 7.24. The Hall–Kier alpha value is -1.91. The quantitative estimate of drug-likeness (QED) is 0.256. The maximum Gasteiger partial charge on any atom is 0.197 e. The molecule has 0 fully saturated rings. The molecule has 0 atom stereocenters. The fourth-order valence-electron chi connectivity index (χ4n) is 4.03. The van der Waals surface area contributed by atoms with E-state index < -0.39 is 0 Å². The molecule has 162 valence electrons. The molecule has 0 amide bonds. The number of hydrogen-bond donors (Lipinski definition) is 1. The van der Waals surface area contributed by atoms with Crippen LogP contribution in [0, 0.1) is 6.92 Å². The average molecular weight is 425 g/mol. The maximum atomic E-state index is 13.3. The molecule has 3 aromatic rings. The minimum Gasteiger partial charge on any atom is -0.383 e. The van der Waals surface area contributed by atoms with E-state index in [1.807, 2.05) is 24.3 Å². The summed E-state index contributed by atoms with van der Waals surface area (Å²) in [6, 6.07) is 12.2. The summed E-state index contributed by atoms with van der Waals surface area (Å²) in [4.78, 5) is 15.9. The van der Waals surface area contributed by atoms with E-state index in [0.29, 0.717) is 0 Å². The number of nitrogens with one attached hydrogen (secondary N) is 1. The van der Waals surface area contributed by atoms with Crippen molar-refractivity contribution in [3.8, 4) is 0 Å². The highest BCUT2D eigenvalue weighted by Crippen LogP contribution is 2.31. The molecule has 1 N–H and O–H groups in total. The van der Waals surface area contributed by atoms with Gasteiger partial charge < -0.3 is 10.2 Å². The molecule has 0 saturated heterocycles. The molecule has 0 bridgehead atoms. The van der Waals surface area contributed by atoms with Gasteiger partial charge in [-0.15, -0.1) is 11.3 Å². The summed E-state index contributed by atoms with van der Waals surface area (Å²) < 4.78 is 2.17. The van der Waals surface area contributed by atoms with Crippen molar-refractivity contribution in [1.29, 1.82) is 0 Å². The topological polar surface area (TPSA) is 32.3 Å². The van der Waals surface area contributed by atoms with Gasteiger partial charge in [0.1, 0.15) is 0 Å². The lowest BCUT2D eigenvalue weighted by Gasteiger charge is -2.23. The van der Waals surface area contributed by atoms with Gasteiger partial charge in [-0.05, 0) is 56.6 Å². The van der Waals surface area contributed by atoms with E-state index in [9.17, 15) is 4.79 Å². The number of aryl methyl sites for hydroxylation is 1. The Morgan fingerprint density at radius 3 is 2.30 bits per heavy atom. The molecular weight excluding hydrogens is 388 g/mol. The highest BCUT2D eigenvalue weighted by atomic mass is 32.1. The van der Waals surface area contributed by atoms with E-state index in [4.69, 9.17) is 0 Å². The van der Waals surface area contributed by atoms with E-state index in [1.54, 1.807) is 11.3 Å². The second kappa shape index (κ2) is 11.5. The Kier molecular flexibility index (Phi) is 8.71. The molecule has 3 rings (SSSR count). The molecule has 4 heteroatoms. The molecule has 0 aliphatic heterocycles. The van der Waals surface area contributed by atoms with Crippen LogP contribution in [0.4, 0.5) is 5.69 Å². The fourth-order valence-corrected chi connectivity index (χ4v) is 5.20. The Labute approximate surface area is 185 Å². The van der Waals surface area contributed by atoms with Gasteiger partial charge >= 0.3 is 0 Å². The minimum atomic E-state index is 0.147. The standard InChI is InChI=1S/C26H36N2OS/c1-4-6-10-17-28(18-11-7-5-2)19-16-27-22-15-14-20(3)26-24(22)25(29)21-12-8-9-13-23(21)30-26/h8-9,12-15,27H,4-7,10-11,16-19H2,1-3H3. The highest BCUT2D eigenvalue weighted by Gasteiger charge is 2.12. The lowest BCUT2D eigenvalue weighted by atomic mass is 10.1. The lowest BCUT2D eigenvalue weighted by Crippen LogP contribution is -2.31. The number of rotatable bonds is 12. The summed E-state index contributed by atoms with van der Waals surface area (Å²) in [7, 11) is 0. The van der Waals surface area contributed by atoms with Crippen molar-refractivity contribution in [3.05, 3.63) is 52.2 Å². The van der Waals surface area contributed by atoms with Crippen LogP contribution in [0.5, 0.6) is 0 Å². The van der Waals surface area contributed by atoms with E-state index >= 15 is 0 Å². The second-order valence-corrected chi connectivity index (χ2v) is 9.30. The van der Waals surface area contributed by atoms with Gasteiger partial charge in [-0.2, -0.15) is 0 Å². The number of nitrogens with zero attached hydrogens (tertiary/aromatic N) is 1. The van der Waals surface area contributed by atoms with Crippen molar-refractivity contribution in [2.45, 2.75) is 59.3 Å². The SMILES string of the molecule is CCCCCN(CCCCC)CCNc1ccc(C)c2sc3ccccc3c(=O)c12. The van der Waals surface area contributed by atoms with Crippen molar-refractivity contribution < 1.29 is 0 Å². The van der Waals surface area contributed by atoms with Gasteiger partial charge in [0.25, 0.3) is 0 Å². The zero-order valence-corrected chi connectivity index (χ0v) is 19.6. The van der Waals surface area contributed by atoms with Crippen LogP contribution in [0.3, 0.4) is 0 Å². The third-order valence-corrected chi connectivity index (χ3v) is 7.13. The molecule has 1 heterocycles. The van der Waals surface area contributed by atoms with Gasteiger partial charge in [-0.3, -0.25) is 4.79 Å². The molecule has 3 nitrogen and oxygen atoms in total. The van der Waals surface area contributed by atoms with Crippen molar-refractivity contribution in [2.75, 3.05) is 31.5 Å². The molecule has 0 radical (unpaired) electrons. The minimum absolute atomic E-state index is 0.147. The van der Waals surface area contributed by atoms with Crippen LogP contribution < -0.4 is 10.7 Å². The summed E-state index contributed by atoms with van der Waals surface area (Å²) in [6.45, 7) is 10.9. The Morgan fingerprint density at radius 1 is 0.900 bits per heavy atom. The number of hydrogen-bond acceptors (Lipinski definition) is 4. The van der Waals surface area contributed by atoms with Gasteiger partial charge in [0.15, 0.2) is 5.43 Å². The maximum absolute atomic E-state index is 13.3. The first kappa shape index (κ1) is 22.8. The summed E-state index contributed by atoms with van der Waals surface area (Å²) >= 11 is 1.72. The first-order valence-electron chi connectivity index (χ1n) is 11.6. The number of fused-ring (bicyclic) bond motifs is 2. The van der Waals surface area contributed by atoms with Crippen LogP contribution in [0.25, 0.3) is 20.2 Å². The first-order valence-corrected chi connectivity index (χ1v) is 12.4. The average Bonchev–Trinajstić information content (AvgIpc) is 2.75. The Bertz CT molecular complexity index is 1000. The molecule has 2 aromatic carbocycles. The van der Waals surface area contributed by atoms with Gasteiger partial charge in [-0.25, -0.2) is 0 Å². The van der Waals surface area contributed by atoms with Crippen LogP contribution in [0.2, 0.25) is 0 Å². The molecular formula is C26H36N2OS. The molecule has 0 aliphatic rings. The van der Waals surface area contributed by atoms with Crippen molar-refractivity contribution >= 4 is 37.2 Å². The largest absolute Gasteiger partial charge is 0.383 e. The Morgan fingerprint density at radius 2 is 1.60 bits per heavy atom. The fraction of sp³-hybridized carbons (Fsp3) is 0.500. The molecule has 0 aliphatic carbocycles. The van der Waals surface area contributed by atoms with Crippen molar-refractivity contribution in [2.24, 2.45) is 0 Å². The zero-order valence-electron chi connectivity index (χ0n) is 18.8. The van der Waals surface area contributed by atoms with Crippen LogP contribution in [-0.2, 0) is 0 Å². The third-order valence-electron chi connectivity index (χ3n) is 5.82. The first-order chi connectivity index (χ1) is 14.7. The second-order valence-electron chi connectivity index (χ2n) is 8.24. The van der Waals surface area contributed by atoms with Crippen molar-refractivity contribution in [3.63, 3.8) is 0 Å². The van der Waals surface area contributed by atoms with E-state index in [0.717, 1.165) is 38.9 Å². The van der Waals surface area contributed by atoms with E-state index in [-0.39, 0.29) is 5.43 Å². The molecule has 30 heavy (non-hydrogen) atoms. The molecule has 0 spiro atoms. The van der Waals surface area contributed by atoms with Gasteiger partial charge in [-0.1, -0.05) is 57.7 Å². The summed E-state index contributed by atoms with van der Waals surface area (Å²) in [5.74, 6) is 0. The van der Waals surface area contributed by atoms with Crippen LogP contribution >= 0.6 is 11.3 Å². The van der Waals surface area contributed by atoms with E-state index in [2.05, 4.69) is 43.1 Å². The number of unbranched alkanes of at least 4 members (excludes halogenated alkanes) is 4. The number of benzene rings is 2. The lowest BCUT2D eigenvalue weighted by molar-refractivity contribution is 0.271. The normalized spacial score (nSPS) is 11.6. The monoisotopic (exact) mass is 424 g/mol. The van der Waals surface area contributed by atoms with Crippen LogP contribution in [0.15, 0.2) is 41.2 Å². The third kappa shape index (κ3) is 5.61. The smallest absolute Gasteiger partial charge is 0.197 e. The number of anilines is 1. The van der Waals surface area contributed by atoms with Crippen LogP contribution in [0.1, 0.15) is 57.9 Å². The van der Waals surface area contributed by atoms with Gasteiger partial charge in [0, 0.05) is 33.6 Å². The van der Waals surface area contributed by atoms with Crippen molar-refractivity contribution in [1.82, 2.24) is 4.90 Å². The summed E-state index contributed by atoms with van der Waals surface area (Å²) in [5.41, 5.74) is 2.29. The molecule has 0 saturated carbocycles.